The summed E-state index contributed by atoms with van der Waals surface area (Å²) >= 11 is 0. The molecule has 0 aromatic carbocycles. The van der Waals surface area contributed by atoms with Gasteiger partial charge in [-0.05, 0) is 25.0 Å². The predicted octanol–water partition coefficient (Wildman–Crippen LogP) is 2.68. The van der Waals surface area contributed by atoms with Crippen molar-refractivity contribution in [2.45, 2.75) is 33.5 Å². The van der Waals surface area contributed by atoms with Crippen molar-refractivity contribution in [3.05, 3.63) is 23.9 Å². The van der Waals surface area contributed by atoms with Crippen LogP contribution in [0.2, 0.25) is 0 Å². The van der Waals surface area contributed by atoms with Crippen LogP contribution in [0.1, 0.15) is 26.5 Å². The Labute approximate surface area is 91.9 Å². The minimum atomic E-state index is 0.269. The van der Waals surface area contributed by atoms with Crippen molar-refractivity contribution in [2.24, 2.45) is 5.92 Å². The Kier molecular flexibility index (Phi) is 4.56. The van der Waals surface area contributed by atoms with Crippen LogP contribution in [-0.4, -0.2) is 18.1 Å². The Morgan fingerprint density at radius 1 is 1.33 bits per heavy atom. The summed E-state index contributed by atoms with van der Waals surface area (Å²) in [5, 5.41) is 3.01. The van der Waals surface area contributed by atoms with Crippen LogP contribution < -0.4 is 5.32 Å². The van der Waals surface area contributed by atoms with Crippen molar-refractivity contribution < 1.29 is 4.74 Å². The third kappa shape index (κ3) is 3.88. The average Bonchev–Trinajstić information content (AvgIpc) is 2.26. The van der Waals surface area contributed by atoms with Crippen LogP contribution in [0.25, 0.3) is 0 Å². The molecule has 1 heterocycles. The zero-order valence-corrected chi connectivity index (χ0v) is 9.95. The fourth-order valence-corrected chi connectivity index (χ4v) is 1.11. The van der Waals surface area contributed by atoms with E-state index < -0.39 is 0 Å². The van der Waals surface area contributed by atoms with Crippen LogP contribution in [0.15, 0.2) is 18.2 Å². The van der Waals surface area contributed by atoms with E-state index in [1.54, 1.807) is 0 Å². The molecule has 1 aromatic rings. The van der Waals surface area contributed by atoms with Gasteiger partial charge in [0.15, 0.2) is 0 Å². The lowest BCUT2D eigenvalue weighted by molar-refractivity contribution is 0.0219. The Balaban J connectivity index is 2.50. The zero-order chi connectivity index (χ0) is 11.3. The molecule has 0 bridgehead atoms. The topological polar surface area (TPSA) is 34.1 Å². The standard InChI is InChI=1S/C12H20N2O/c1-9(2)10(3)15-8-11-6-5-7-12(13-4)14-11/h5-7,9-10H,8H2,1-4H3,(H,13,14). The maximum atomic E-state index is 5.70. The molecule has 0 saturated heterocycles. The first-order valence-corrected chi connectivity index (χ1v) is 5.38. The second kappa shape index (κ2) is 5.71. The molecule has 1 aromatic heterocycles. The maximum absolute atomic E-state index is 5.70. The van der Waals surface area contributed by atoms with Gasteiger partial charge in [-0.1, -0.05) is 19.9 Å². The number of aromatic nitrogens is 1. The van der Waals surface area contributed by atoms with Crippen LogP contribution in [0, 0.1) is 5.92 Å². The molecule has 0 aliphatic carbocycles. The van der Waals surface area contributed by atoms with Gasteiger partial charge in [0.05, 0.1) is 18.4 Å². The van der Waals surface area contributed by atoms with E-state index in [1.165, 1.54) is 0 Å². The summed E-state index contributed by atoms with van der Waals surface area (Å²) in [7, 11) is 1.86. The van der Waals surface area contributed by atoms with Gasteiger partial charge in [-0.25, -0.2) is 4.98 Å². The van der Waals surface area contributed by atoms with E-state index in [1.807, 2.05) is 25.2 Å². The summed E-state index contributed by atoms with van der Waals surface area (Å²) in [4.78, 5) is 4.39. The van der Waals surface area contributed by atoms with Crippen LogP contribution in [0.4, 0.5) is 5.82 Å². The SMILES string of the molecule is CNc1cccc(COC(C)C(C)C)n1. The van der Waals surface area contributed by atoms with Crippen LogP contribution >= 0.6 is 0 Å². The summed E-state index contributed by atoms with van der Waals surface area (Å²) in [5.41, 5.74) is 0.967. The summed E-state index contributed by atoms with van der Waals surface area (Å²) in [5.74, 6) is 1.42. The highest BCUT2D eigenvalue weighted by Crippen LogP contribution is 2.10. The van der Waals surface area contributed by atoms with Gasteiger partial charge in [0.2, 0.25) is 0 Å². The number of ether oxygens (including phenoxy) is 1. The molecule has 1 atom stereocenters. The fraction of sp³-hybridized carbons (Fsp3) is 0.583. The van der Waals surface area contributed by atoms with Crippen LogP contribution in [-0.2, 0) is 11.3 Å². The maximum Gasteiger partial charge on any atom is 0.126 e. The molecule has 0 aliphatic rings. The van der Waals surface area contributed by atoms with Gasteiger partial charge >= 0.3 is 0 Å². The normalized spacial score (nSPS) is 12.9. The van der Waals surface area contributed by atoms with Crippen molar-refractivity contribution in [3.63, 3.8) is 0 Å². The molecular formula is C12H20N2O. The van der Waals surface area contributed by atoms with Gasteiger partial charge in [0, 0.05) is 7.05 Å². The lowest BCUT2D eigenvalue weighted by Gasteiger charge is -2.16. The molecule has 1 unspecified atom stereocenters. The molecular weight excluding hydrogens is 188 g/mol. The van der Waals surface area contributed by atoms with Crippen molar-refractivity contribution in [2.75, 3.05) is 12.4 Å². The summed E-state index contributed by atoms with van der Waals surface area (Å²) < 4.78 is 5.70. The lowest BCUT2D eigenvalue weighted by atomic mass is 10.1. The molecule has 0 radical (unpaired) electrons. The molecule has 3 heteroatoms. The lowest BCUT2D eigenvalue weighted by Crippen LogP contribution is -2.15. The highest BCUT2D eigenvalue weighted by atomic mass is 16.5. The summed E-state index contributed by atoms with van der Waals surface area (Å²) in [6.07, 6.45) is 0.269. The van der Waals surface area contributed by atoms with E-state index in [0.29, 0.717) is 12.5 Å². The minimum absolute atomic E-state index is 0.269. The number of hydrogen-bond acceptors (Lipinski definition) is 3. The molecule has 0 fully saturated rings. The predicted molar refractivity (Wildman–Crippen MR) is 62.9 cm³/mol. The zero-order valence-electron chi connectivity index (χ0n) is 9.95. The highest BCUT2D eigenvalue weighted by Gasteiger charge is 2.07. The number of pyridine rings is 1. The molecule has 3 nitrogen and oxygen atoms in total. The number of hydrogen-bond donors (Lipinski definition) is 1. The molecule has 1 N–H and O–H groups in total. The average molecular weight is 208 g/mol. The van der Waals surface area contributed by atoms with Crippen LogP contribution in [0.5, 0.6) is 0 Å². The molecule has 0 saturated carbocycles. The largest absolute Gasteiger partial charge is 0.373 e. The molecule has 84 valence electrons. The van der Waals surface area contributed by atoms with Crippen molar-refractivity contribution in [1.29, 1.82) is 0 Å². The molecule has 15 heavy (non-hydrogen) atoms. The molecule has 1 rings (SSSR count). The highest BCUT2D eigenvalue weighted by molar-refractivity contribution is 5.33. The third-order valence-corrected chi connectivity index (χ3v) is 2.50. The van der Waals surface area contributed by atoms with Crippen molar-refractivity contribution >= 4 is 5.82 Å². The van der Waals surface area contributed by atoms with E-state index in [-0.39, 0.29) is 6.10 Å². The number of nitrogens with zero attached hydrogens (tertiary/aromatic N) is 1. The Hall–Kier alpha value is -1.09. The first kappa shape index (κ1) is 12.0. The van der Waals surface area contributed by atoms with E-state index >= 15 is 0 Å². The quantitative estimate of drug-likeness (QED) is 0.807. The van der Waals surface area contributed by atoms with Crippen molar-refractivity contribution in [1.82, 2.24) is 4.98 Å². The van der Waals surface area contributed by atoms with E-state index in [2.05, 4.69) is 31.1 Å². The van der Waals surface area contributed by atoms with Gasteiger partial charge < -0.3 is 10.1 Å². The Morgan fingerprint density at radius 3 is 2.67 bits per heavy atom. The molecule has 0 spiro atoms. The molecule has 0 aliphatic heterocycles. The Bertz CT molecular complexity index is 299. The number of rotatable bonds is 5. The Morgan fingerprint density at radius 2 is 2.07 bits per heavy atom. The van der Waals surface area contributed by atoms with E-state index in [9.17, 15) is 0 Å². The van der Waals surface area contributed by atoms with E-state index in [0.717, 1.165) is 11.5 Å². The number of anilines is 1. The van der Waals surface area contributed by atoms with Gasteiger partial charge in [0.25, 0.3) is 0 Å². The monoisotopic (exact) mass is 208 g/mol. The van der Waals surface area contributed by atoms with Gasteiger partial charge in [0.1, 0.15) is 5.82 Å². The first-order chi connectivity index (χ1) is 7.13. The summed E-state index contributed by atoms with van der Waals surface area (Å²) in [6, 6.07) is 5.90. The van der Waals surface area contributed by atoms with Crippen molar-refractivity contribution in [3.8, 4) is 0 Å². The third-order valence-electron chi connectivity index (χ3n) is 2.50. The van der Waals surface area contributed by atoms with Gasteiger partial charge in [-0.3, -0.25) is 0 Å². The first-order valence-electron chi connectivity index (χ1n) is 5.38. The second-order valence-electron chi connectivity index (χ2n) is 4.02. The minimum Gasteiger partial charge on any atom is -0.373 e. The van der Waals surface area contributed by atoms with E-state index in [4.69, 9.17) is 4.74 Å². The van der Waals surface area contributed by atoms with Crippen LogP contribution in [0.3, 0.4) is 0 Å². The number of nitrogens with one attached hydrogen (secondary N) is 1. The smallest absolute Gasteiger partial charge is 0.126 e. The fourth-order valence-electron chi connectivity index (χ4n) is 1.11. The summed E-state index contributed by atoms with van der Waals surface area (Å²) in [6.45, 7) is 6.98. The van der Waals surface area contributed by atoms with Gasteiger partial charge in [-0.2, -0.15) is 0 Å². The molecule has 0 amide bonds. The van der Waals surface area contributed by atoms with Gasteiger partial charge in [-0.15, -0.1) is 0 Å². The second-order valence-corrected chi connectivity index (χ2v) is 4.02.